The van der Waals surface area contributed by atoms with Gasteiger partial charge >= 0.3 is 0 Å². The van der Waals surface area contributed by atoms with E-state index in [2.05, 4.69) is 22.8 Å². The second-order valence-corrected chi connectivity index (χ2v) is 9.99. The second-order valence-electron chi connectivity index (χ2n) is 8.32. The van der Waals surface area contributed by atoms with E-state index in [1.165, 1.54) is 11.8 Å². The quantitative estimate of drug-likeness (QED) is 0.214. The first-order valence-corrected chi connectivity index (χ1v) is 12.8. The van der Waals surface area contributed by atoms with Crippen molar-refractivity contribution >= 4 is 56.9 Å². The Morgan fingerprint density at radius 3 is 2.53 bits per heavy atom. The average molecular weight is 510 g/mol. The summed E-state index contributed by atoms with van der Waals surface area (Å²) < 4.78 is 8.22. The molecule has 1 aliphatic rings. The number of amides is 1. The number of carbonyl (C=O) groups excluding carboxylic acids is 1. The first-order valence-electron chi connectivity index (χ1n) is 11.6. The average Bonchev–Trinajstić information content (AvgIpc) is 3.32. The summed E-state index contributed by atoms with van der Waals surface area (Å²) in [7, 11) is 0. The Kier molecular flexibility index (Phi) is 6.64. The van der Waals surface area contributed by atoms with Gasteiger partial charge in [0.25, 0.3) is 5.91 Å². The summed E-state index contributed by atoms with van der Waals surface area (Å²) in [5, 5.41) is 10.6. The Labute approximate surface area is 219 Å². The highest BCUT2D eigenvalue weighted by atomic mass is 32.2. The van der Waals surface area contributed by atoms with Crippen LogP contribution in [0.1, 0.15) is 29.3 Å². The molecule has 5 nitrogen and oxygen atoms in total. The first kappa shape index (κ1) is 23.9. The molecule has 178 valence electrons. The molecule has 1 saturated heterocycles. The van der Waals surface area contributed by atoms with Crippen LogP contribution in [-0.2, 0) is 11.3 Å². The maximum Gasteiger partial charge on any atom is 0.270 e. The number of anilines is 1. The Morgan fingerprint density at radius 1 is 1.06 bits per heavy atom. The summed E-state index contributed by atoms with van der Waals surface area (Å²) in [5.41, 5.74) is 5.39. The number of hydrogen-bond acceptors (Lipinski definition) is 5. The van der Waals surface area contributed by atoms with Gasteiger partial charge in [0.05, 0.1) is 28.8 Å². The molecule has 1 aliphatic heterocycles. The third kappa shape index (κ3) is 4.30. The largest absolute Gasteiger partial charge is 0.494 e. The highest BCUT2D eigenvalue weighted by Gasteiger charge is 2.33. The number of hydrogen-bond donors (Lipinski definition) is 0. The number of carbonyl (C=O) groups is 1. The van der Waals surface area contributed by atoms with Gasteiger partial charge in [-0.2, -0.15) is 5.26 Å². The standard InChI is InChI=1S/C29H23N3O2S2/c1-3-34-23-14-12-22(13-15-23)32-28(33)27(36-29(32)35)16-25-19(2)31(26-11-7-6-10-24(25)26)18-21-9-5-4-8-20(21)17-30/h4-16H,3,18H2,1-2H3/b27-16-. The minimum absolute atomic E-state index is 0.139. The molecule has 0 spiro atoms. The molecular formula is C29H23N3O2S2. The minimum atomic E-state index is -0.139. The predicted molar refractivity (Wildman–Crippen MR) is 150 cm³/mol. The van der Waals surface area contributed by atoms with Gasteiger partial charge < -0.3 is 9.30 Å². The van der Waals surface area contributed by atoms with Crippen LogP contribution in [-0.4, -0.2) is 21.4 Å². The van der Waals surface area contributed by atoms with Gasteiger partial charge in [0.1, 0.15) is 5.75 Å². The Hall–Kier alpha value is -3.86. The van der Waals surface area contributed by atoms with E-state index in [0.717, 1.165) is 39.2 Å². The van der Waals surface area contributed by atoms with Crippen molar-refractivity contribution in [1.29, 1.82) is 5.26 Å². The number of nitrogens with zero attached hydrogens (tertiary/aromatic N) is 3. The van der Waals surface area contributed by atoms with E-state index in [9.17, 15) is 10.1 Å². The first-order chi connectivity index (χ1) is 17.5. The molecule has 0 aliphatic carbocycles. The summed E-state index contributed by atoms with van der Waals surface area (Å²) in [6, 6.07) is 25.5. The molecule has 0 unspecified atom stereocenters. The van der Waals surface area contributed by atoms with Crippen molar-refractivity contribution in [2.45, 2.75) is 20.4 Å². The highest BCUT2D eigenvalue weighted by Crippen LogP contribution is 2.38. The number of para-hydroxylation sites is 1. The van der Waals surface area contributed by atoms with Crippen molar-refractivity contribution < 1.29 is 9.53 Å². The summed E-state index contributed by atoms with van der Waals surface area (Å²) in [5.74, 6) is 0.615. The lowest BCUT2D eigenvalue weighted by molar-refractivity contribution is -0.113. The van der Waals surface area contributed by atoms with Crippen molar-refractivity contribution in [2.75, 3.05) is 11.5 Å². The van der Waals surface area contributed by atoms with Crippen molar-refractivity contribution in [2.24, 2.45) is 0 Å². The van der Waals surface area contributed by atoms with Gasteiger partial charge in [0, 0.05) is 28.7 Å². The molecule has 0 bridgehead atoms. The predicted octanol–water partition coefficient (Wildman–Crippen LogP) is 6.67. The highest BCUT2D eigenvalue weighted by molar-refractivity contribution is 8.27. The van der Waals surface area contributed by atoms with Crippen molar-refractivity contribution in [3.63, 3.8) is 0 Å². The van der Waals surface area contributed by atoms with Gasteiger partial charge in [0.2, 0.25) is 0 Å². The molecule has 4 aromatic rings. The maximum absolute atomic E-state index is 13.4. The molecule has 7 heteroatoms. The molecule has 0 atom stereocenters. The Balaban J connectivity index is 1.53. The maximum atomic E-state index is 13.4. The number of nitriles is 1. The van der Waals surface area contributed by atoms with Gasteiger partial charge in [-0.15, -0.1) is 0 Å². The summed E-state index contributed by atoms with van der Waals surface area (Å²) in [6.07, 6.45) is 1.94. The zero-order chi connectivity index (χ0) is 25.2. The molecule has 5 rings (SSSR count). The minimum Gasteiger partial charge on any atom is -0.494 e. The lowest BCUT2D eigenvalue weighted by Gasteiger charge is -2.15. The van der Waals surface area contributed by atoms with E-state index in [1.54, 1.807) is 4.90 Å². The van der Waals surface area contributed by atoms with Gasteiger partial charge in [-0.25, -0.2) is 0 Å². The van der Waals surface area contributed by atoms with Crippen molar-refractivity contribution in [3.8, 4) is 11.8 Å². The van der Waals surface area contributed by atoms with E-state index in [4.69, 9.17) is 17.0 Å². The molecule has 36 heavy (non-hydrogen) atoms. The fourth-order valence-corrected chi connectivity index (χ4v) is 5.74. The Morgan fingerprint density at radius 2 is 1.78 bits per heavy atom. The van der Waals surface area contributed by atoms with Crippen LogP contribution in [0.2, 0.25) is 0 Å². The van der Waals surface area contributed by atoms with E-state index in [0.29, 0.717) is 27.9 Å². The van der Waals surface area contributed by atoms with Crippen LogP contribution >= 0.6 is 24.0 Å². The molecule has 3 aromatic carbocycles. The van der Waals surface area contributed by atoms with Crippen LogP contribution in [0.5, 0.6) is 5.75 Å². The number of rotatable bonds is 6. The zero-order valence-electron chi connectivity index (χ0n) is 19.9. The smallest absolute Gasteiger partial charge is 0.270 e. The van der Waals surface area contributed by atoms with Crippen LogP contribution in [0.4, 0.5) is 5.69 Å². The number of benzene rings is 3. The van der Waals surface area contributed by atoms with Crippen LogP contribution in [0, 0.1) is 18.3 Å². The number of ether oxygens (including phenoxy) is 1. The molecular weight excluding hydrogens is 486 g/mol. The van der Waals surface area contributed by atoms with E-state index in [1.807, 2.05) is 80.6 Å². The normalized spacial score (nSPS) is 14.6. The van der Waals surface area contributed by atoms with Crippen LogP contribution in [0.3, 0.4) is 0 Å². The molecule has 0 saturated carbocycles. The molecule has 0 N–H and O–H groups in total. The monoisotopic (exact) mass is 509 g/mol. The third-order valence-electron chi connectivity index (χ3n) is 6.22. The number of fused-ring (bicyclic) bond motifs is 1. The molecule has 1 aromatic heterocycles. The number of thioether (sulfide) groups is 1. The zero-order valence-corrected chi connectivity index (χ0v) is 21.5. The van der Waals surface area contributed by atoms with Crippen LogP contribution in [0.25, 0.3) is 17.0 Å². The van der Waals surface area contributed by atoms with Crippen molar-refractivity contribution in [1.82, 2.24) is 4.57 Å². The summed E-state index contributed by atoms with van der Waals surface area (Å²) in [4.78, 5) is 15.6. The topological polar surface area (TPSA) is 58.3 Å². The van der Waals surface area contributed by atoms with E-state index < -0.39 is 0 Å². The lowest BCUT2D eigenvalue weighted by Crippen LogP contribution is -2.27. The van der Waals surface area contributed by atoms with E-state index in [-0.39, 0.29) is 5.91 Å². The lowest BCUT2D eigenvalue weighted by atomic mass is 10.1. The number of thiocarbonyl (C=S) groups is 1. The van der Waals surface area contributed by atoms with Crippen LogP contribution in [0.15, 0.2) is 77.7 Å². The van der Waals surface area contributed by atoms with Crippen LogP contribution < -0.4 is 9.64 Å². The molecule has 0 radical (unpaired) electrons. The summed E-state index contributed by atoms with van der Waals surface area (Å²) in [6.45, 7) is 5.13. The number of aromatic nitrogens is 1. The SMILES string of the molecule is CCOc1ccc(N2C(=O)/C(=C/c3c(C)n(Cc4ccccc4C#N)c4ccccc34)SC2=S)cc1. The Bertz CT molecular complexity index is 1560. The summed E-state index contributed by atoms with van der Waals surface area (Å²) >= 11 is 6.89. The van der Waals surface area contributed by atoms with E-state index >= 15 is 0 Å². The van der Waals surface area contributed by atoms with Crippen molar-refractivity contribution in [3.05, 3.63) is 100 Å². The molecule has 1 fully saturated rings. The fraction of sp³-hybridized carbons (Fsp3) is 0.138. The van der Waals surface area contributed by atoms with Gasteiger partial charge in [0.15, 0.2) is 4.32 Å². The van der Waals surface area contributed by atoms with Gasteiger partial charge in [-0.3, -0.25) is 9.69 Å². The van der Waals surface area contributed by atoms with Gasteiger partial charge in [-0.1, -0.05) is 60.4 Å². The fourth-order valence-electron chi connectivity index (χ4n) is 4.46. The third-order valence-corrected chi connectivity index (χ3v) is 7.52. The van der Waals surface area contributed by atoms with Gasteiger partial charge in [-0.05, 0) is 61.9 Å². The second kappa shape index (κ2) is 10.0. The molecule has 1 amide bonds. The molecule has 2 heterocycles.